The molecule has 1 amide bonds. The molecule has 134 valence electrons. The van der Waals surface area contributed by atoms with E-state index < -0.39 is 0 Å². The van der Waals surface area contributed by atoms with Crippen molar-refractivity contribution < 1.29 is 4.79 Å². The Labute approximate surface area is 151 Å². The molecule has 4 rings (SSSR count). The van der Waals surface area contributed by atoms with E-state index in [1.54, 1.807) is 25.1 Å². The number of hydrogen-bond acceptors (Lipinski definition) is 5. The molecular weight excluding hydrogens is 328 g/mol. The molecule has 7 nitrogen and oxygen atoms in total. The van der Waals surface area contributed by atoms with Crippen LogP contribution in [0.1, 0.15) is 29.6 Å². The number of carbonyl (C=O) groups excluding carboxylic acids is 1. The van der Waals surface area contributed by atoms with Gasteiger partial charge in [0.2, 0.25) is 5.95 Å². The Bertz CT molecular complexity index is 944. The normalized spacial score (nSPS) is 14.1. The third kappa shape index (κ3) is 3.20. The van der Waals surface area contributed by atoms with Crippen molar-refractivity contribution in [3.8, 4) is 0 Å². The molecule has 7 heteroatoms. The molecule has 0 spiro atoms. The predicted octanol–water partition coefficient (Wildman–Crippen LogP) is 3.37. The van der Waals surface area contributed by atoms with Crippen molar-refractivity contribution in [1.29, 1.82) is 0 Å². The number of carbonyl (C=O) groups is 1. The number of benzene rings is 1. The number of nitrogens with zero attached hydrogens (tertiary/aromatic N) is 3. The first-order valence-electron chi connectivity index (χ1n) is 8.80. The largest absolute Gasteiger partial charge is 0.367 e. The zero-order valence-electron chi connectivity index (χ0n) is 14.9. The van der Waals surface area contributed by atoms with Crippen molar-refractivity contribution in [3.63, 3.8) is 0 Å². The number of H-pyrrole nitrogens is 1. The minimum absolute atomic E-state index is 0.0401. The first-order valence-corrected chi connectivity index (χ1v) is 8.80. The van der Waals surface area contributed by atoms with E-state index in [4.69, 9.17) is 0 Å². The number of nitrogens with one attached hydrogen (secondary N) is 3. The summed E-state index contributed by atoms with van der Waals surface area (Å²) in [7, 11) is 3.48. The van der Waals surface area contributed by atoms with Crippen LogP contribution in [0.3, 0.4) is 0 Å². The van der Waals surface area contributed by atoms with Crippen molar-refractivity contribution in [2.75, 3.05) is 24.7 Å². The number of aromatic nitrogens is 3. The number of aromatic amines is 1. The molecule has 2 heterocycles. The molecule has 0 atom stereocenters. The summed E-state index contributed by atoms with van der Waals surface area (Å²) in [6.45, 7) is 0. The van der Waals surface area contributed by atoms with Gasteiger partial charge < -0.3 is 20.5 Å². The van der Waals surface area contributed by atoms with Crippen molar-refractivity contribution in [3.05, 3.63) is 42.1 Å². The molecular formula is C19H22N6O. The number of fused-ring (bicyclic) bond motifs is 1. The Kier molecular flexibility index (Phi) is 4.20. The van der Waals surface area contributed by atoms with Gasteiger partial charge >= 0.3 is 0 Å². The predicted molar refractivity (Wildman–Crippen MR) is 103 cm³/mol. The lowest BCUT2D eigenvalue weighted by atomic mass is 9.93. The van der Waals surface area contributed by atoms with Gasteiger partial charge in [0.1, 0.15) is 11.5 Å². The second-order valence-corrected chi connectivity index (χ2v) is 6.81. The van der Waals surface area contributed by atoms with Crippen LogP contribution in [0.5, 0.6) is 0 Å². The lowest BCUT2D eigenvalue weighted by Gasteiger charge is -2.27. The number of anilines is 3. The molecule has 0 aliphatic heterocycles. The van der Waals surface area contributed by atoms with E-state index in [2.05, 4.69) is 25.6 Å². The number of rotatable bonds is 5. The van der Waals surface area contributed by atoms with Crippen LogP contribution in [-0.4, -0.2) is 45.9 Å². The first kappa shape index (κ1) is 16.4. The van der Waals surface area contributed by atoms with E-state index in [1.807, 2.05) is 30.5 Å². The molecule has 1 aliphatic rings. The molecule has 0 saturated heterocycles. The van der Waals surface area contributed by atoms with Gasteiger partial charge in [-0.1, -0.05) is 6.07 Å². The Balaban J connectivity index is 1.62. The summed E-state index contributed by atoms with van der Waals surface area (Å²) >= 11 is 0. The van der Waals surface area contributed by atoms with Crippen molar-refractivity contribution in [2.24, 2.45) is 0 Å². The van der Waals surface area contributed by atoms with Crippen LogP contribution in [-0.2, 0) is 0 Å². The van der Waals surface area contributed by atoms with E-state index in [9.17, 15) is 4.79 Å². The molecule has 3 N–H and O–H groups in total. The van der Waals surface area contributed by atoms with Gasteiger partial charge in [-0.2, -0.15) is 9.97 Å². The standard InChI is InChI=1S/C19H22N6O/c1-25(2)18(26)12-5-3-8-14(11-12)22-19-23-16-15(9-10-20-16)17(24-19)21-13-6-4-7-13/h3,5,8-11,13H,4,6-7H2,1-2H3,(H3,20,21,22,23,24). The second-order valence-electron chi connectivity index (χ2n) is 6.81. The summed E-state index contributed by atoms with van der Waals surface area (Å²) in [5.74, 6) is 1.29. The molecule has 3 aromatic rings. The second kappa shape index (κ2) is 6.67. The fourth-order valence-corrected chi connectivity index (χ4v) is 2.97. The van der Waals surface area contributed by atoms with Crippen LogP contribution in [0.4, 0.5) is 17.5 Å². The summed E-state index contributed by atoms with van der Waals surface area (Å²) in [5.41, 5.74) is 2.18. The highest BCUT2D eigenvalue weighted by Crippen LogP contribution is 2.28. The lowest BCUT2D eigenvalue weighted by molar-refractivity contribution is 0.0827. The minimum Gasteiger partial charge on any atom is -0.367 e. The quantitative estimate of drug-likeness (QED) is 0.657. The van der Waals surface area contributed by atoms with Gasteiger partial charge in [0.25, 0.3) is 5.91 Å². The molecule has 1 fully saturated rings. The van der Waals surface area contributed by atoms with Crippen molar-refractivity contribution in [1.82, 2.24) is 19.9 Å². The third-order valence-corrected chi connectivity index (χ3v) is 4.63. The van der Waals surface area contributed by atoms with Gasteiger partial charge in [-0.25, -0.2) is 0 Å². The zero-order valence-corrected chi connectivity index (χ0v) is 14.9. The lowest BCUT2D eigenvalue weighted by Crippen LogP contribution is -2.27. The summed E-state index contributed by atoms with van der Waals surface area (Å²) in [6, 6.07) is 9.82. The van der Waals surface area contributed by atoms with Gasteiger partial charge in [0, 0.05) is 37.6 Å². The number of amides is 1. The van der Waals surface area contributed by atoms with Crippen LogP contribution < -0.4 is 10.6 Å². The van der Waals surface area contributed by atoms with Gasteiger partial charge in [-0.3, -0.25) is 4.79 Å². The van der Waals surface area contributed by atoms with Crippen LogP contribution in [0.15, 0.2) is 36.5 Å². The first-order chi connectivity index (χ1) is 12.6. The van der Waals surface area contributed by atoms with Crippen molar-refractivity contribution >= 4 is 34.4 Å². The van der Waals surface area contributed by atoms with E-state index >= 15 is 0 Å². The van der Waals surface area contributed by atoms with Gasteiger partial charge in [0.15, 0.2) is 0 Å². The van der Waals surface area contributed by atoms with E-state index in [0.717, 1.165) is 22.5 Å². The maximum Gasteiger partial charge on any atom is 0.253 e. The molecule has 0 unspecified atom stereocenters. The average molecular weight is 350 g/mol. The topological polar surface area (TPSA) is 85.9 Å². The Morgan fingerprint density at radius 2 is 2.08 bits per heavy atom. The molecule has 26 heavy (non-hydrogen) atoms. The summed E-state index contributed by atoms with van der Waals surface area (Å²) in [4.78, 5) is 26.1. The molecule has 0 bridgehead atoms. The monoisotopic (exact) mass is 350 g/mol. The van der Waals surface area contributed by atoms with Gasteiger partial charge in [-0.15, -0.1) is 0 Å². The van der Waals surface area contributed by atoms with Gasteiger partial charge in [-0.05, 0) is 43.5 Å². The highest BCUT2D eigenvalue weighted by Gasteiger charge is 2.19. The Morgan fingerprint density at radius 1 is 1.23 bits per heavy atom. The molecule has 1 aromatic carbocycles. The van der Waals surface area contributed by atoms with E-state index in [0.29, 0.717) is 17.6 Å². The summed E-state index contributed by atoms with van der Waals surface area (Å²) < 4.78 is 0. The smallest absolute Gasteiger partial charge is 0.253 e. The highest BCUT2D eigenvalue weighted by molar-refractivity contribution is 5.95. The Hall–Kier alpha value is -3.09. The fourth-order valence-electron chi connectivity index (χ4n) is 2.97. The van der Waals surface area contributed by atoms with E-state index in [1.165, 1.54) is 19.3 Å². The van der Waals surface area contributed by atoms with Crippen LogP contribution in [0.2, 0.25) is 0 Å². The molecule has 1 saturated carbocycles. The fraction of sp³-hybridized carbons (Fsp3) is 0.316. The maximum atomic E-state index is 12.2. The van der Waals surface area contributed by atoms with E-state index in [-0.39, 0.29) is 5.91 Å². The maximum absolute atomic E-state index is 12.2. The van der Waals surface area contributed by atoms with Gasteiger partial charge in [0.05, 0.1) is 5.39 Å². The van der Waals surface area contributed by atoms with Crippen LogP contribution in [0.25, 0.3) is 11.0 Å². The minimum atomic E-state index is -0.0401. The summed E-state index contributed by atoms with van der Waals surface area (Å²) in [6.07, 6.45) is 5.48. The highest BCUT2D eigenvalue weighted by atomic mass is 16.2. The van der Waals surface area contributed by atoms with Crippen LogP contribution >= 0.6 is 0 Å². The number of hydrogen-bond donors (Lipinski definition) is 3. The summed E-state index contributed by atoms with van der Waals surface area (Å²) in [5, 5.41) is 7.71. The molecule has 1 aliphatic carbocycles. The SMILES string of the molecule is CN(C)C(=O)c1cccc(Nc2nc(NC3CCC3)c3cc[nH]c3n2)c1. The molecule has 0 radical (unpaired) electrons. The van der Waals surface area contributed by atoms with Crippen LogP contribution in [0, 0.1) is 0 Å². The molecule has 2 aromatic heterocycles. The van der Waals surface area contributed by atoms with Crippen molar-refractivity contribution in [2.45, 2.75) is 25.3 Å². The Morgan fingerprint density at radius 3 is 2.81 bits per heavy atom. The third-order valence-electron chi connectivity index (χ3n) is 4.63. The average Bonchev–Trinajstić information content (AvgIpc) is 3.06. The zero-order chi connectivity index (χ0) is 18.1.